The predicted molar refractivity (Wildman–Crippen MR) is 105 cm³/mol. The Morgan fingerprint density at radius 1 is 1.21 bits per heavy atom. The molecule has 4 rings (SSSR count). The molecule has 1 aliphatic rings. The van der Waals surface area contributed by atoms with Crippen LogP contribution in [0.15, 0.2) is 53.1 Å². The highest BCUT2D eigenvalue weighted by atomic mass is 16.5. The van der Waals surface area contributed by atoms with Crippen LogP contribution in [0.5, 0.6) is 5.75 Å². The van der Waals surface area contributed by atoms with E-state index in [1.165, 1.54) is 0 Å². The Hall–Kier alpha value is -3.15. The highest BCUT2D eigenvalue weighted by Gasteiger charge is 2.29. The molecule has 0 radical (unpaired) electrons. The lowest BCUT2D eigenvalue weighted by Crippen LogP contribution is -2.39. The second-order valence-electron chi connectivity index (χ2n) is 7.09. The van der Waals surface area contributed by atoms with Crippen LogP contribution in [-0.2, 0) is 0 Å². The molecule has 0 unspecified atom stereocenters. The van der Waals surface area contributed by atoms with Crippen LogP contribution in [0.25, 0.3) is 11.4 Å². The topological polar surface area (TPSA) is 68.5 Å². The van der Waals surface area contributed by atoms with Gasteiger partial charge in [0.1, 0.15) is 5.75 Å². The zero-order chi connectivity index (χ0) is 19.5. The molecule has 0 spiro atoms. The van der Waals surface area contributed by atoms with Gasteiger partial charge in [0.2, 0.25) is 11.7 Å². The molecule has 1 saturated heterocycles. The summed E-state index contributed by atoms with van der Waals surface area (Å²) in [6.45, 7) is 3.31. The number of hydrogen-bond donors (Lipinski definition) is 0. The standard InChI is InChI=1S/C22H23N3O3/c1-15-7-3-4-11-19(15)22(26)25-12-6-9-17(14-25)21-23-20(24-28-21)16-8-5-10-18(13-16)27-2/h3-5,7-8,10-11,13,17H,6,9,12,14H2,1-2H3/t17-/m1/s1. The smallest absolute Gasteiger partial charge is 0.254 e. The number of aromatic nitrogens is 2. The van der Waals surface area contributed by atoms with Crippen molar-refractivity contribution in [2.45, 2.75) is 25.7 Å². The number of carbonyl (C=O) groups is 1. The molecule has 2 heterocycles. The average molecular weight is 377 g/mol. The van der Waals surface area contributed by atoms with Gasteiger partial charge in [-0.15, -0.1) is 0 Å². The molecule has 1 amide bonds. The van der Waals surface area contributed by atoms with Gasteiger partial charge in [-0.3, -0.25) is 4.79 Å². The Bertz CT molecular complexity index is 982. The van der Waals surface area contributed by atoms with E-state index in [0.717, 1.165) is 41.8 Å². The van der Waals surface area contributed by atoms with E-state index >= 15 is 0 Å². The van der Waals surface area contributed by atoms with Gasteiger partial charge in [-0.2, -0.15) is 4.98 Å². The average Bonchev–Trinajstić information content (AvgIpc) is 3.24. The summed E-state index contributed by atoms with van der Waals surface area (Å²) in [7, 11) is 1.63. The highest BCUT2D eigenvalue weighted by molar-refractivity contribution is 5.95. The van der Waals surface area contributed by atoms with E-state index < -0.39 is 0 Å². The van der Waals surface area contributed by atoms with Crippen molar-refractivity contribution in [3.8, 4) is 17.1 Å². The van der Waals surface area contributed by atoms with Gasteiger partial charge in [-0.05, 0) is 43.5 Å². The molecule has 3 aromatic rings. The fourth-order valence-corrected chi connectivity index (χ4v) is 3.63. The van der Waals surface area contributed by atoms with E-state index in [-0.39, 0.29) is 11.8 Å². The third-order valence-corrected chi connectivity index (χ3v) is 5.20. The zero-order valence-electron chi connectivity index (χ0n) is 16.1. The molecule has 1 fully saturated rings. The number of carbonyl (C=O) groups excluding carboxylic acids is 1. The summed E-state index contributed by atoms with van der Waals surface area (Å²) in [6, 6.07) is 15.3. The van der Waals surface area contributed by atoms with Crippen LogP contribution < -0.4 is 4.74 Å². The predicted octanol–water partition coefficient (Wildman–Crippen LogP) is 4.07. The Labute approximate surface area is 164 Å². The molecular weight excluding hydrogens is 354 g/mol. The van der Waals surface area contributed by atoms with Gasteiger partial charge in [0.05, 0.1) is 13.0 Å². The molecule has 0 aliphatic carbocycles. The van der Waals surface area contributed by atoms with Crippen molar-refractivity contribution in [2.24, 2.45) is 0 Å². The Morgan fingerprint density at radius 3 is 2.89 bits per heavy atom. The molecule has 28 heavy (non-hydrogen) atoms. The molecule has 6 heteroatoms. The number of amides is 1. The SMILES string of the molecule is COc1cccc(-c2noc([C@@H]3CCCN(C(=O)c4ccccc4C)C3)n2)c1. The normalized spacial score (nSPS) is 16.8. The van der Waals surface area contributed by atoms with Crippen molar-refractivity contribution in [3.63, 3.8) is 0 Å². The molecule has 6 nitrogen and oxygen atoms in total. The lowest BCUT2D eigenvalue weighted by Gasteiger charge is -2.31. The third-order valence-electron chi connectivity index (χ3n) is 5.20. The van der Waals surface area contributed by atoms with Crippen molar-refractivity contribution in [1.29, 1.82) is 0 Å². The number of methoxy groups -OCH3 is 1. The quantitative estimate of drug-likeness (QED) is 0.685. The van der Waals surface area contributed by atoms with Crippen molar-refractivity contribution in [2.75, 3.05) is 20.2 Å². The molecular formula is C22H23N3O3. The Balaban J connectivity index is 1.51. The second kappa shape index (κ2) is 7.84. The van der Waals surface area contributed by atoms with E-state index in [1.54, 1.807) is 7.11 Å². The van der Waals surface area contributed by atoms with Crippen LogP contribution in [0, 0.1) is 6.92 Å². The monoisotopic (exact) mass is 377 g/mol. The zero-order valence-corrected chi connectivity index (χ0v) is 16.1. The minimum absolute atomic E-state index is 0.0496. The van der Waals surface area contributed by atoms with Crippen molar-refractivity contribution < 1.29 is 14.1 Å². The van der Waals surface area contributed by atoms with Gasteiger partial charge in [-0.25, -0.2) is 0 Å². The van der Waals surface area contributed by atoms with Crippen LogP contribution in [0.2, 0.25) is 0 Å². The molecule has 2 aromatic carbocycles. The van der Waals surface area contributed by atoms with Crippen molar-refractivity contribution in [3.05, 3.63) is 65.5 Å². The molecule has 1 aliphatic heterocycles. The maximum absolute atomic E-state index is 12.9. The summed E-state index contributed by atoms with van der Waals surface area (Å²) in [5.74, 6) is 1.98. The number of ether oxygens (including phenoxy) is 1. The number of piperidine rings is 1. The molecule has 1 atom stereocenters. The van der Waals surface area contributed by atoms with Gasteiger partial charge in [0.15, 0.2) is 0 Å². The van der Waals surface area contributed by atoms with E-state index in [1.807, 2.05) is 60.4 Å². The molecule has 144 valence electrons. The van der Waals surface area contributed by atoms with Gasteiger partial charge in [-0.1, -0.05) is 35.5 Å². The van der Waals surface area contributed by atoms with Crippen LogP contribution >= 0.6 is 0 Å². The number of rotatable bonds is 4. The van der Waals surface area contributed by atoms with Gasteiger partial charge < -0.3 is 14.2 Å². The first-order valence-electron chi connectivity index (χ1n) is 9.48. The van der Waals surface area contributed by atoms with E-state index in [9.17, 15) is 4.79 Å². The van der Waals surface area contributed by atoms with Gasteiger partial charge in [0.25, 0.3) is 5.91 Å². The van der Waals surface area contributed by atoms with Crippen molar-refractivity contribution >= 4 is 5.91 Å². The van der Waals surface area contributed by atoms with E-state index in [4.69, 9.17) is 9.26 Å². The summed E-state index contributed by atoms with van der Waals surface area (Å²) in [6.07, 6.45) is 1.84. The van der Waals surface area contributed by atoms with Crippen LogP contribution in [0.1, 0.15) is 40.6 Å². The van der Waals surface area contributed by atoms with Crippen LogP contribution in [0.4, 0.5) is 0 Å². The van der Waals surface area contributed by atoms with Crippen molar-refractivity contribution in [1.82, 2.24) is 15.0 Å². The first-order valence-corrected chi connectivity index (χ1v) is 9.48. The number of aryl methyl sites for hydroxylation is 1. The van der Waals surface area contributed by atoms with Gasteiger partial charge >= 0.3 is 0 Å². The highest BCUT2D eigenvalue weighted by Crippen LogP contribution is 2.29. The van der Waals surface area contributed by atoms with E-state index in [0.29, 0.717) is 18.3 Å². The first kappa shape index (κ1) is 18.2. The second-order valence-corrected chi connectivity index (χ2v) is 7.09. The molecule has 0 N–H and O–H groups in total. The summed E-state index contributed by atoms with van der Waals surface area (Å²) in [5.41, 5.74) is 2.59. The largest absolute Gasteiger partial charge is 0.497 e. The summed E-state index contributed by atoms with van der Waals surface area (Å²) in [4.78, 5) is 19.4. The molecule has 0 bridgehead atoms. The lowest BCUT2D eigenvalue weighted by molar-refractivity contribution is 0.0695. The number of benzene rings is 2. The fraction of sp³-hybridized carbons (Fsp3) is 0.318. The van der Waals surface area contributed by atoms with Crippen LogP contribution in [-0.4, -0.2) is 41.1 Å². The Kier molecular flexibility index (Phi) is 5.10. The number of nitrogens with zero attached hydrogens (tertiary/aromatic N) is 3. The number of hydrogen-bond acceptors (Lipinski definition) is 5. The fourth-order valence-electron chi connectivity index (χ4n) is 3.63. The van der Waals surface area contributed by atoms with Gasteiger partial charge in [0, 0.05) is 24.2 Å². The maximum atomic E-state index is 12.9. The minimum Gasteiger partial charge on any atom is -0.497 e. The Morgan fingerprint density at radius 2 is 2.07 bits per heavy atom. The maximum Gasteiger partial charge on any atom is 0.254 e. The molecule has 1 aromatic heterocycles. The summed E-state index contributed by atoms with van der Waals surface area (Å²) >= 11 is 0. The number of likely N-dealkylation sites (tertiary alicyclic amines) is 1. The van der Waals surface area contributed by atoms with Crippen LogP contribution in [0.3, 0.4) is 0 Å². The first-order chi connectivity index (χ1) is 13.7. The lowest BCUT2D eigenvalue weighted by atomic mass is 9.96. The minimum atomic E-state index is 0.0496. The third kappa shape index (κ3) is 3.63. The van der Waals surface area contributed by atoms with E-state index in [2.05, 4.69) is 10.1 Å². The summed E-state index contributed by atoms with van der Waals surface area (Å²) < 4.78 is 10.8. The summed E-state index contributed by atoms with van der Waals surface area (Å²) in [5, 5.41) is 4.13. The molecule has 0 saturated carbocycles.